The van der Waals surface area contributed by atoms with Crippen LogP contribution in [0.2, 0.25) is 0 Å². The number of nitrogens with zero attached hydrogens (tertiary/aromatic N) is 6. The van der Waals surface area contributed by atoms with E-state index in [-0.39, 0.29) is 11.5 Å². The number of carbonyl (C=O) groups is 1. The lowest BCUT2D eigenvalue weighted by Crippen LogP contribution is -2.34. The minimum absolute atomic E-state index is 0.157. The summed E-state index contributed by atoms with van der Waals surface area (Å²) in [5.41, 5.74) is 1.97. The van der Waals surface area contributed by atoms with Gasteiger partial charge in [-0.05, 0) is 31.4 Å². The molecule has 1 unspecified atom stereocenters. The third-order valence-electron chi connectivity index (χ3n) is 5.41. The second-order valence-corrected chi connectivity index (χ2v) is 7.38. The first-order valence-corrected chi connectivity index (χ1v) is 10.1. The van der Waals surface area contributed by atoms with E-state index in [4.69, 9.17) is 4.98 Å². The number of hydrogen-bond acceptors (Lipinski definition) is 7. The third-order valence-corrected chi connectivity index (χ3v) is 5.41. The van der Waals surface area contributed by atoms with Crippen molar-refractivity contribution in [1.29, 1.82) is 0 Å². The van der Waals surface area contributed by atoms with Crippen molar-refractivity contribution in [3.8, 4) is 11.4 Å². The van der Waals surface area contributed by atoms with Gasteiger partial charge >= 0.3 is 0 Å². The Morgan fingerprint density at radius 1 is 1.13 bits per heavy atom. The number of rotatable bonds is 3. The van der Waals surface area contributed by atoms with Crippen molar-refractivity contribution >= 4 is 16.8 Å². The maximum Gasteiger partial charge on any atom is 0.254 e. The molecule has 9 heteroatoms. The quantitative estimate of drug-likeness (QED) is 0.548. The number of benzene rings is 1. The summed E-state index contributed by atoms with van der Waals surface area (Å²) in [4.78, 5) is 38.9. The number of carbonyl (C=O) groups excluding carboxylic acids is 1. The Labute approximate surface area is 177 Å². The van der Waals surface area contributed by atoms with E-state index in [1.807, 2.05) is 24.3 Å². The van der Waals surface area contributed by atoms with Crippen molar-refractivity contribution in [3.05, 3.63) is 76.9 Å². The molecule has 0 saturated heterocycles. The molecule has 1 N–H and O–H groups in total. The van der Waals surface area contributed by atoms with E-state index in [1.54, 1.807) is 16.8 Å². The van der Waals surface area contributed by atoms with Crippen LogP contribution in [0, 0.1) is 0 Å². The molecule has 4 heterocycles. The summed E-state index contributed by atoms with van der Waals surface area (Å²) in [6.07, 6.45) is 6.88. The fourth-order valence-corrected chi connectivity index (χ4v) is 3.90. The molecule has 1 amide bonds. The topological polar surface area (TPSA) is 116 Å². The second-order valence-electron chi connectivity index (χ2n) is 7.38. The van der Waals surface area contributed by atoms with Gasteiger partial charge in [0.2, 0.25) is 0 Å². The van der Waals surface area contributed by atoms with Gasteiger partial charge in [0.05, 0.1) is 34.7 Å². The van der Waals surface area contributed by atoms with Crippen LogP contribution in [0.15, 0.2) is 59.9 Å². The minimum Gasteiger partial charge on any atom is -0.342 e. The first-order valence-electron chi connectivity index (χ1n) is 10.1. The monoisotopic (exact) mass is 413 g/mol. The van der Waals surface area contributed by atoms with Crippen molar-refractivity contribution in [1.82, 2.24) is 35.0 Å². The molecular formula is C22H19N7O2. The second kappa shape index (κ2) is 8.02. The molecule has 0 radical (unpaired) electrons. The molecule has 3 aromatic heterocycles. The zero-order chi connectivity index (χ0) is 21.2. The largest absolute Gasteiger partial charge is 0.342 e. The third kappa shape index (κ3) is 3.65. The molecule has 4 aromatic rings. The molecule has 1 aliphatic rings. The maximum atomic E-state index is 13.2. The molecule has 1 atom stereocenters. The Hall–Kier alpha value is -4.01. The van der Waals surface area contributed by atoms with Crippen LogP contribution in [-0.2, 0) is 6.54 Å². The highest BCUT2D eigenvalue weighted by molar-refractivity contribution is 6.05. The van der Waals surface area contributed by atoms with Crippen LogP contribution in [0.5, 0.6) is 0 Å². The smallest absolute Gasteiger partial charge is 0.254 e. The molecule has 0 fully saturated rings. The molecule has 0 spiro atoms. The van der Waals surface area contributed by atoms with Gasteiger partial charge in [0.25, 0.3) is 11.5 Å². The lowest BCUT2D eigenvalue weighted by atomic mass is 10.1. The first kappa shape index (κ1) is 19.0. The standard InChI is InChI=1S/C22H19N7O2/c30-20-11-19(17-8-9-23-13-24-17)26-21-18(7-3-4-10-29(20)21)27-22(31)15-12-25-28-16-6-2-1-5-14(15)16/h1-2,5-6,8-9,11-13,18H,3-4,7,10H2,(H,27,31). The van der Waals surface area contributed by atoms with Gasteiger partial charge in [-0.1, -0.05) is 18.2 Å². The average molecular weight is 413 g/mol. The Morgan fingerprint density at radius 3 is 2.90 bits per heavy atom. The Bertz CT molecular complexity index is 1320. The van der Waals surface area contributed by atoms with E-state index in [1.165, 1.54) is 18.6 Å². The molecule has 1 aliphatic heterocycles. The number of fused-ring (bicyclic) bond motifs is 2. The SMILES string of the molecule is O=C(NC1CCCCn2c1nc(-c1ccncn1)cc2=O)c1cnnc2ccccc12. The van der Waals surface area contributed by atoms with E-state index in [0.29, 0.717) is 41.3 Å². The summed E-state index contributed by atoms with van der Waals surface area (Å²) in [5, 5.41) is 11.8. The van der Waals surface area contributed by atoms with E-state index in [2.05, 4.69) is 25.5 Å². The molecule has 0 aliphatic carbocycles. The summed E-state index contributed by atoms with van der Waals surface area (Å²) in [6, 6.07) is 10.2. The van der Waals surface area contributed by atoms with Crippen molar-refractivity contribution in [3.63, 3.8) is 0 Å². The number of hydrogen-bond donors (Lipinski definition) is 1. The number of aromatic nitrogens is 6. The van der Waals surface area contributed by atoms with Crippen LogP contribution < -0.4 is 10.9 Å². The molecule has 0 saturated carbocycles. The maximum absolute atomic E-state index is 13.2. The highest BCUT2D eigenvalue weighted by Crippen LogP contribution is 2.25. The van der Waals surface area contributed by atoms with Crippen molar-refractivity contribution in [2.45, 2.75) is 31.8 Å². The van der Waals surface area contributed by atoms with Gasteiger partial charge in [0, 0.05) is 24.2 Å². The summed E-state index contributed by atoms with van der Waals surface area (Å²) >= 11 is 0. The molecular weight excluding hydrogens is 394 g/mol. The van der Waals surface area contributed by atoms with E-state index >= 15 is 0 Å². The lowest BCUT2D eigenvalue weighted by Gasteiger charge is -2.20. The van der Waals surface area contributed by atoms with Gasteiger partial charge in [0.1, 0.15) is 12.2 Å². The molecule has 31 heavy (non-hydrogen) atoms. The van der Waals surface area contributed by atoms with Gasteiger partial charge in [-0.2, -0.15) is 10.2 Å². The first-order chi connectivity index (χ1) is 15.2. The predicted octanol–water partition coefficient (Wildman–Crippen LogP) is 2.30. The average Bonchev–Trinajstić information content (AvgIpc) is 3.02. The molecule has 1 aromatic carbocycles. The summed E-state index contributed by atoms with van der Waals surface area (Å²) in [7, 11) is 0. The van der Waals surface area contributed by atoms with Crippen molar-refractivity contribution in [2.24, 2.45) is 0 Å². The van der Waals surface area contributed by atoms with Crippen molar-refractivity contribution in [2.75, 3.05) is 0 Å². The summed E-state index contributed by atoms with van der Waals surface area (Å²) in [5.74, 6) is 0.268. The van der Waals surface area contributed by atoms with Crippen LogP contribution in [0.3, 0.4) is 0 Å². The van der Waals surface area contributed by atoms with Gasteiger partial charge in [-0.15, -0.1) is 0 Å². The zero-order valence-corrected chi connectivity index (χ0v) is 16.6. The minimum atomic E-state index is -0.406. The normalized spacial score (nSPS) is 15.8. The number of nitrogens with one attached hydrogen (secondary N) is 1. The van der Waals surface area contributed by atoms with E-state index < -0.39 is 6.04 Å². The summed E-state index contributed by atoms with van der Waals surface area (Å²) < 4.78 is 1.64. The Balaban J connectivity index is 1.54. The van der Waals surface area contributed by atoms with E-state index in [0.717, 1.165) is 18.2 Å². The van der Waals surface area contributed by atoms with Crippen LogP contribution in [-0.4, -0.2) is 35.6 Å². The van der Waals surface area contributed by atoms with Gasteiger partial charge in [0.15, 0.2) is 0 Å². The summed E-state index contributed by atoms with van der Waals surface area (Å²) in [6.45, 7) is 0.567. The number of amides is 1. The van der Waals surface area contributed by atoms with Gasteiger partial charge in [-0.3, -0.25) is 14.2 Å². The van der Waals surface area contributed by atoms with Crippen LogP contribution in [0.4, 0.5) is 0 Å². The van der Waals surface area contributed by atoms with Crippen LogP contribution in [0.1, 0.15) is 41.5 Å². The van der Waals surface area contributed by atoms with Crippen LogP contribution >= 0.6 is 0 Å². The molecule has 5 rings (SSSR count). The van der Waals surface area contributed by atoms with E-state index in [9.17, 15) is 9.59 Å². The van der Waals surface area contributed by atoms with Crippen molar-refractivity contribution < 1.29 is 4.79 Å². The Kier molecular flexibility index (Phi) is 4.91. The fraction of sp³-hybridized carbons (Fsp3) is 0.227. The van der Waals surface area contributed by atoms with Gasteiger partial charge < -0.3 is 5.32 Å². The van der Waals surface area contributed by atoms with Gasteiger partial charge in [-0.25, -0.2) is 15.0 Å². The molecule has 9 nitrogen and oxygen atoms in total. The highest BCUT2D eigenvalue weighted by Gasteiger charge is 2.25. The molecule has 154 valence electrons. The van der Waals surface area contributed by atoms with Crippen LogP contribution in [0.25, 0.3) is 22.3 Å². The predicted molar refractivity (Wildman–Crippen MR) is 113 cm³/mol. The highest BCUT2D eigenvalue weighted by atomic mass is 16.2. The zero-order valence-electron chi connectivity index (χ0n) is 16.6. The lowest BCUT2D eigenvalue weighted by molar-refractivity contribution is 0.0933. The fourth-order valence-electron chi connectivity index (χ4n) is 3.90. The Morgan fingerprint density at radius 2 is 2.03 bits per heavy atom. The molecule has 0 bridgehead atoms.